The van der Waals surface area contributed by atoms with Crippen LogP contribution < -0.4 is 5.73 Å². The van der Waals surface area contributed by atoms with Gasteiger partial charge in [-0.15, -0.1) is 0 Å². The number of hydrogen-bond donors (Lipinski definition) is 1. The molecule has 1 aliphatic heterocycles. The van der Waals surface area contributed by atoms with Gasteiger partial charge in [-0.25, -0.2) is 13.2 Å². The van der Waals surface area contributed by atoms with Gasteiger partial charge in [-0.05, 0) is 23.8 Å². The Bertz CT molecular complexity index is 1330. The molecule has 1 saturated heterocycles. The third-order valence-electron chi connectivity index (χ3n) is 5.80. The monoisotopic (exact) mass is 510 g/mol. The molecule has 184 valence electrons. The largest absolute Gasteiger partial charge is 0.366 e. The molecule has 3 aromatic rings. The number of nitrogens with two attached hydrogens (primary N) is 1. The second kappa shape index (κ2) is 9.57. The number of carbonyl (C=O) groups is 3. The van der Waals surface area contributed by atoms with E-state index in [1.807, 2.05) is 0 Å². The van der Waals surface area contributed by atoms with Gasteiger partial charge in [0.05, 0.1) is 24.2 Å². The topological polar surface area (TPSA) is 88.6 Å². The second-order valence-corrected chi connectivity index (χ2v) is 8.64. The van der Waals surface area contributed by atoms with Crippen molar-refractivity contribution in [3.05, 3.63) is 70.4 Å². The first-order valence-electron chi connectivity index (χ1n) is 10.5. The van der Waals surface area contributed by atoms with Crippen LogP contribution in [0, 0.1) is 11.6 Å². The van der Waals surface area contributed by atoms with E-state index in [2.05, 4.69) is 0 Å². The summed E-state index contributed by atoms with van der Waals surface area (Å²) in [5.41, 5.74) is 5.55. The van der Waals surface area contributed by atoms with Gasteiger partial charge in [0.1, 0.15) is 18.8 Å². The molecule has 4 rings (SSSR count). The molecular formula is C23H19ClF4N4O3. The Kier molecular flexibility index (Phi) is 6.70. The van der Waals surface area contributed by atoms with Gasteiger partial charge in [0.2, 0.25) is 5.91 Å². The molecule has 1 fully saturated rings. The molecule has 3 amide bonds. The predicted molar refractivity (Wildman–Crippen MR) is 118 cm³/mol. The molecule has 2 N–H and O–H groups in total. The zero-order valence-electron chi connectivity index (χ0n) is 18.1. The highest BCUT2D eigenvalue weighted by molar-refractivity contribution is 6.30. The van der Waals surface area contributed by atoms with E-state index in [1.165, 1.54) is 6.07 Å². The van der Waals surface area contributed by atoms with E-state index >= 15 is 0 Å². The fourth-order valence-electron chi connectivity index (χ4n) is 4.18. The average molecular weight is 511 g/mol. The highest BCUT2D eigenvalue weighted by Crippen LogP contribution is 2.27. The van der Waals surface area contributed by atoms with Gasteiger partial charge in [0.25, 0.3) is 11.8 Å². The summed E-state index contributed by atoms with van der Waals surface area (Å²) in [6.07, 6.45) is -0.828. The van der Waals surface area contributed by atoms with Crippen LogP contribution >= 0.6 is 11.6 Å². The van der Waals surface area contributed by atoms with Crippen LogP contribution in [0.5, 0.6) is 0 Å². The fourth-order valence-corrected chi connectivity index (χ4v) is 4.39. The molecule has 0 bridgehead atoms. The number of rotatable bonds is 6. The molecule has 0 spiro atoms. The van der Waals surface area contributed by atoms with Gasteiger partial charge in [0, 0.05) is 29.1 Å². The van der Waals surface area contributed by atoms with E-state index in [4.69, 9.17) is 17.3 Å². The van der Waals surface area contributed by atoms with E-state index in [-0.39, 0.29) is 21.6 Å². The number of likely N-dealkylation sites (tertiary alicyclic amines) is 1. The number of fused-ring (bicyclic) bond motifs is 1. The van der Waals surface area contributed by atoms with Crippen molar-refractivity contribution < 1.29 is 32.0 Å². The molecule has 0 aliphatic carbocycles. The maximum Gasteiger partial charge on any atom is 0.273 e. The lowest BCUT2D eigenvalue weighted by Gasteiger charge is -2.25. The number of alkyl halides is 1. The van der Waals surface area contributed by atoms with Crippen molar-refractivity contribution in [2.24, 2.45) is 5.73 Å². The van der Waals surface area contributed by atoms with Crippen LogP contribution in [0.4, 0.5) is 17.7 Å². The number of amides is 3. The number of halogens is 5. The molecule has 1 aliphatic rings. The van der Waals surface area contributed by atoms with Gasteiger partial charge >= 0.3 is 0 Å². The maximum absolute atomic E-state index is 14.7. The normalized spacial score (nSPS) is 17.7. The SMILES string of the molecule is NC(=O)c1cn(CC(=O)N2C[C@H](F)C[C@H]2C(=O)N(F)Cc2cccc(Cl)c2)c2cc(F)c(F)cc12. The lowest BCUT2D eigenvalue weighted by atomic mass is 10.1. The van der Waals surface area contributed by atoms with Gasteiger partial charge in [-0.1, -0.05) is 28.2 Å². The molecule has 0 radical (unpaired) electrons. The first-order valence-corrected chi connectivity index (χ1v) is 10.9. The summed E-state index contributed by atoms with van der Waals surface area (Å²) in [5, 5.41) is 0.219. The lowest BCUT2D eigenvalue weighted by Crippen LogP contribution is -2.46. The van der Waals surface area contributed by atoms with Gasteiger partial charge in [0.15, 0.2) is 11.6 Å². The van der Waals surface area contributed by atoms with E-state index < -0.39 is 67.6 Å². The van der Waals surface area contributed by atoms with Crippen LogP contribution in [-0.2, 0) is 22.7 Å². The molecular weight excluding hydrogens is 492 g/mol. The molecule has 35 heavy (non-hydrogen) atoms. The van der Waals surface area contributed by atoms with Crippen LogP contribution in [0.15, 0.2) is 42.6 Å². The number of benzene rings is 2. The summed E-state index contributed by atoms with van der Waals surface area (Å²) < 4.78 is 57.6. The number of primary amides is 1. The van der Waals surface area contributed by atoms with Crippen LogP contribution in [0.1, 0.15) is 22.3 Å². The van der Waals surface area contributed by atoms with Crippen molar-refractivity contribution >= 4 is 40.2 Å². The minimum absolute atomic E-state index is 0.00186. The maximum atomic E-state index is 14.7. The molecule has 7 nitrogen and oxygen atoms in total. The Morgan fingerprint density at radius 1 is 1.14 bits per heavy atom. The minimum atomic E-state index is -1.57. The van der Waals surface area contributed by atoms with Crippen molar-refractivity contribution in [2.45, 2.75) is 31.7 Å². The number of nitrogens with zero attached hydrogens (tertiary/aromatic N) is 3. The third-order valence-corrected chi connectivity index (χ3v) is 6.03. The smallest absolute Gasteiger partial charge is 0.273 e. The van der Waals surface area contributed by atoms with Crippen molar-refractivity contribution in [1.82, 2.24) is 14.6 Å². The van der Waals surface area contributed by atoms with Gasteiger partial charge in [-0.3, -0.25) is 14.4 Å². The number of hydrogen-bond acceptors (Lipinski definition) is 3. The molecule has 0 saturated carbocycles. The van der Waals surface area contributed by atoms with E-state index in [1.54, 1.807) is 18.2 Å². The summed E-state index contributed by atoms with van der Waals surface area (Å²) in [4.78, 5) is 38.4. The van der Waals surface area contributed by atoms with Crippen LogP contribution in [-0.4, -0.2) is 51.1 Å². The Labute approximate surface area is 201 Å². The Morgan fingerprint density at radius 2 is 1.86 bits per heavy atom. The molecule has 2 aromatic carbocycles. The Balaban J connectivity index is 1.56. The Morgan fingerprint density at radius 3 is 2.54 bits per heavy atom. The highest BCUT2D eigenvalue weighted by Gasteiger charge is 2.42. The fraction of sp³-hybridized carbons (Fsp3) is 0.261. The first kappa shape index (κ1) is 24.5. The van der Waals surface area contributed by atoms with Crippen molar-refractivity contribution in [2.75, 3.05) is 6.54 Å². The highest BCUT2D eigenvalue weighted by atomic mass is 35.5. The molecule has 0 unspecified atom stereocenters. The van der Waals surface area contributed by atoms with Crippen LogP contribution in [0.3, 0.4) is 0 Å². The number of aromatic nitrogens is 1. The predicted octanol–water partition coefficient (Wildman–Crippen LogP) is 3.52. The van der Waals surface area contributed by atoms with Crippen molar-refractivity contribution in [3.63, 3.8) is 0 Å². The molecule has 1 aromatic heterocycles. The van der Waals surface area contributed by atoms with E-state index in [0.717, 1.165) is 27.8 Å². The van der Waals surface area contributed by atoms with Crippen LogP contribution in [0.2, 0.25) is 5.02 Å². The molecule has 2 heterocycles. The quantitative estimate of drug-likeness (QED) is 0.406. The zero-order valence-corrected chi connectivity index (χ0v) is 18.8. The van der Waals surface area contributed by atoms with E-state index in [9.17, 15) is 32.0 Å². The Hall–Kier alpha value is -3.60. The van der Waals surface area contributed by atoms with Crippen molar-refractivity contribution in [1.29, 1.82) is 0 Å². The molecule has 2 atom stereocenters. The van der Waals surface area contributed by atoms with E-state index in [0.29, 0.717) is 10.6 Å². The average Bonchev–Trinajstić information content (AvgIpc) is 3.34. The minimum Gasteiger partial charge on any atom is -0.366 e. The first-order chi connectivity index (χ1) is 16.5. The summed E-state index contributed by atoms with van der Waals surface area (Å²) in [5.74, 6) is -5.25. The zero-order chi connectivity index (χ0) is 25.4. The summed E-state index contributed by atoms with van der Waals surface area (Å²) >= 11 is 5.87. The van der Waals surface area contributed by atoms with Gasteiger partial charge in [-0.2, -0.15) is 5.12 Å². The number of carbonyl (C=O) groups excluding carboxylic acids is 3. The lowest BCUT2D eigenvalue weighted by molar-refractivity contribution is -0.156. The van der Waals surface area contributed by atoms with Crippen molar-refractivity contribution in [3.8, 4) is 0 Å². The standard InChI is InChI=1S/C23H19ClF4N4O3/c24-13-3-1-2-12(4-13)8-32(28)23(35)20-5-14(25)9-31(20)21(33)11-30-10-16(22(29)34)15-6-17(26)18(27)7-19(15)30/h1-4,6-7,10,14,20H,5,8-9,11H2,(H2,29,34)/t14-,20+/m1/s1. The second-order valence-electron chi connectivity index (χ2n) is 8.20. The summed E-state index contributed by atoms with van der Waals surface area (Å²) in [6.45, 7) is -1.46. The van der Waals surface area contributed by atoms with Crippen LogP contribution in [0.25, 0.3) is 10.9 Å². The summed E-state index contributed by atoms with van der Waals surface area (Å²) in [7, 11) is 0. The third kappa shape index (κ3) is 4.95. The summed E-state index contributed by atoms with van der Waals surface area (Å²) in [6, 6.07) is 6.34. The molecule has 12 heteroatoms. The van der Waals surface area contributed by atoms with Gasteiger partial charge < -0.3 is 15.2 Å².